The van der Waals surface area contributed by atoms with E-state index in [2.05, 4.69) is 31.6 Å². The van der Waals surface area contributed by atoms with Crippen molar-refractivity contribution in [3.05, 3.63) is 29.8 Å². The Hall–Kier alpha value is -2.04. The predicted octanol–water partition coefficient (Wildman–Crippen LogP) is 3.55. The summed E-state index contributed by atoms with van der Waals surface area (Å²) in [5, 5.41) is 0. The van der Waals surface area contributed by atoms with Gasteiger partial charge in [-0.3, -0.25) is 9.59 Å². The van der Waals surface area contributed by atoms with E-state index in [4.69, 9.17) is 4.74 Å². The van der Waals surface area contributed by atoms with Gasteiger partial charge in [0, 0.05) is 19.5 Å². The molecule has 2 rings (SSSR count). The van der Waals surface area contributed by atoms with Crippen LogP contribution >= 0.6 is 0 Å². The van der Waals surface area contributed by atoms with Crippen molar-refractivity contribution in [2.45, 2.75) is 51.9 Å². The molecule has 26 heavy (non-hydrogen) atoms. The Morgan fingerprint density at radius 1 is 1.12 bits per heavy atom. The van der Waals surface area contributed by atoms with E-state index in [1.807, 2.05) is 23.1 Å². The number of esters is 1. The van der Waals surface area contributed by atoms with E-state index in [-0.39, 0.29) is 30.1 Å². The molecule has 0 atom stereocenters. The number of benzene rings is 1. The second-order valence-electron chi connectivity index (χ2n) is 7.96. The SMILES string of the molecule is COC(=O)CCC(=O)N1CCC(COc2ccccc2C(C)(C)C)CC1. The molecule has 1 fully saturated rings. The Labute approximate surface area is 156 Å². The average molecular weight is 361 g/mol. The molecule has 1 aromatic carbocycles. The topological polar surface area (TPSA) is 55.8 Å². The number of hydrogen-bond donors (Lipinski definition) is 0. The van der Waals surface area contributed by atoms with Crippen molar-refractivity contribution in [2.75, 3.05) is 26.8 Å². The third kappa shape index (κ3) is 5.75. The molecule has 5 heteroatoms. The van der Waals surface area contributed by atoms with Crippen molar-refractivity contribution < 1.29 is 19.1 Å². The number of ether oxygens (including phenoxy) is 2. The minimum Gasteiger partial charge on any atom is -0.493 e. The molecule has 1 aromatic rings. The van der Waals surface area contributed by atoms with E-state index in [9.17, 15) is 9.59 Å². The highest BCUT2D eigenvalue weighted by molar-refractivity contribution is 5.81. The smallest absolute Gasteiger partial charge is 0.306 e. The Bertz CT molecular complexity index is 613. The molecule has 1 aliphatic heterocycles. The number of carbonyl (C=O) groups is 2. The van der Waals surface area contributed by atoms with Crippen LogP contribution in [0, 0.1) is 5.92 Å². The van der Waals surface area contributed by atoms with Gasteiger partial charge in [0.25, 0.3) is 0 Å². The minimum atomic E-state index is -0.334. The quantitative estimate of drug-likeness (QED) is 0.727. The lowest BCUT2D eigenvalue weighted by atomic mass is 9.86. The summed E-state index contributed by atoms with van der Waals surface area (Å²) >= 11 is 0. The third-order valence-electron chi connectivity index (χ3n) is 4.91. The monoisotopic (exact) mass is 361 g/mol. The maximum atomic E-state index is 12.1. The van der Waals surface area contributed by atoms with Gasteiger partial charge in [0.1, 0.15) is 5.75 Å². The van der Waals surface area contributed by atoms with Gasteiger partial charge < -0.3 is 14.4 Å². The summed E-state index contributed by atoms with van der Waals surface area (Å²) in [5.41, 5.74) is 1.27. The summed E-state index contributed by atoms with van der Waals surface area (Å²) in [6, 6.07) is 8.21. The van der Waals surface area contributed by atoms with E-state index < -0.39 is 0 Å². The van der Waals surface area contributed by atoms with Crippen LogP contribution in [-0.4, -0.2) is 43.6 Å². The van der Waals surface area contributed by atoms with Crippen LogP contribution in [0.3, 0.4) is 0 Å². The highest BCUT2D eigenvalue weighted by Crippen LogP contribution is 2.31. The number of likely N-dealkylation sites (tertiary alicyclic amines) is 1. The van der Waals surface area contributed by atoms with Gasteiger partial charge in [0.05, 0.1) is 20.1 Å². The highest BCUT2D eigenvalue weighted by atomic mass is 16.5. The van der Waals surface area contributed by atoms with Crippen molar-refractivity contribution in [3.63, 3.8) is 0 Å². The van der Waals surface area contributed by atoms with E-state index in [0.717, 1.165) is 31.7 Å². The second kappa shape index (κ2) is 9.06. The van der Waals surface area contributed by atoms with Crippen LogP contribution in [0.2, 0.25) is 0 Å². The number of methoxy groups -OCH3 is 1. The van der Waals surface area contributed by atoms with Crippen molar-refractivity contribution in [2.24, 2.45) is 5.92 Å². The second-order valence-corrected chi connectivity index (χ2v) is 7.96. The molecule has 1 aliphatic rings. The fourth-order valence-corrected chi connectivity index (χ4v) is 3.24. The Balaban J connectivity index is 1.79. The zero-order valence-electron chi connectivity index (χ0n) is 16.4. The molecule has 5 nitrogen and oxygen atoms in total. The van der Waals surface area contributed by atoms with Gasteiger partial charge in [0.15, 0.2) is 0 Å². The van der Waals surface area contributed by atoms with Gasteiger partial charge >= 0.3 is 5.97 Å². The number of hydrogen-bond acceptors (Lipinski definition) is 4. The molecule has 0 N–H and O–H groups in total. The standard InChI is InChI=1S/C21H31NO4/c1-21(2,3)17-7-5-6-8-18(17)26-15-16-11-13-22(14-12-16)19(23)9-10-20(24)25-4/h5-8,16H,9-15H2,1-4H3. The molecule has 0 aromatic heterocycles. The van der Waals surface area contributed by atoms with Crippen LogP contribution in [0.1, 0.15) is 52.0 Å². The van der Waals surface area contributed by atoms with Crippen LogP contribution in [-0.2, 0) is 19.7 Å². The van der Waals surface area contributed by atoms with Crippen molar-refractivity contribution in [1.29, 1.82) is 0 Å². The molecule has 0 spiro atoms. The molecule has 1 heterocycles. The number of carbonyl (C=O) groups excluding carboxylic acids is 2. The number of piperidine rings is 1. The largest absolute Gasteiger partial charge is 0.493 e. The molecule has 1 saturated heterocycles. The van der Waals surface area contributed by atoms with Crippen LogP contribution in [0.4, 0.5) is 0 Å². The first-order valence-corrected chi connectivity index (χ1v) is 9.38. The van der Waals surface area contributed by atoms with E-state index in [1.165, 1.54) is 12.7 Å². The van der Waals surface area contributed by atoms with Crippen LogP contribution in [0.25, 0.3) is 0 Å². The Kier molecular flexibility index (Phi) is 7.06. The van der Waals surface area contributed by atoms with Gasteiger partial charge in [-0.15, -0.1) is 0 Å². The lowest BCUT2D eigenvalue weighted by molar-refractivity contribution is -0.144. The first-order chi connectivity index (χ1) is 12.3. The van der Waals surface area contributed by atoms with E-state index in [1.54, 1.807) is 0 Å². The molecular formula is C21H31NO4. The van der Waals surface area contributed by atoms with Crippen LogP contribution in [0.15, 0.2) is 24.3 Å². The molecular weight excluding hydrogens is 330 g/mol. The lowest BCUT2D eigenvalue weighted by Crippen LogP contribution is -2.39. The fourth-order valence-electron chi connectivity index (χ4n) is 3.24. The molecule has 0 bridgehead atoms. The maximum absolute atomic E-state index is 12.1. The van der Waals surface area contributed by atoms with Crippen molar-refractivity contribution in [3.8, 4) is 5.75 Å². The molecule has 0 radical (unpaired) electrons. The molecule has 144 valence electrons. The summed E-state index contributed by atoms with van der Waals surface area (Å²) in [6.07, 6.45) is 2.25. The number of nitrogens with zero attached hydrogens (tertiary/aromatic N) is 1. The first kappa shape index (κ1) is 20.3. The van der Waals surface area contributed by atoms with Crippen molar-refractivity contribution in [1.82, 2.24) is 4.90 Å². The normalized spacial score (nSPS) is 15.6. The lowest BCUT2D eigenvalue weighted by Gasteiger charge is -2.32. The van der Waals surface area contributed by atoms with E-state index >= 15 is 0 Å². The minimum absolute atomic E-state index is 0.0350. The summed E-state index contributed by atoms with van der Waals surface area (Å²) < 4.78 is 10.7. The predicted molar refractivity (Wildman–Crippen MR) is 101 cm³/mol. The molecule has 0 saturated carbocycles. The van der Waals surface area contributed by atoms with Gasteiger partial charge in [-0.1, -0.05) is 39.0 Å². The van der Waals surface area contributed by atoms with E-state index in [0.29, 0.717) is 12.5 Å². The summed E-state index contributed by atoms with van der Waals surface area (Å²) in [4.78, 5) is 25.2. The molecule has 1 amide bonds. The van der Waals surface area contributed by atoms with Gasteiger partial charge in [-0.05, 0) is 35.8 Å². The summed E-state index contributed by atoms with van der Waals surface area (Å²) in [5.74, 6) is 1.11. The van der Waals surface area contributed by atoms with Gasteiger partial charge in [-0.25, -0.2) is 0 Å². The molecule has 0 aliphatic carbocycles. The molecule has 0 unspecified atom stereocenters. The zero-order chi connectivity index (χ0) is 19.2. The van der Waals surface area contributed by atoms with Gasteiger partial charge in [-0.2, -0.15) is 0 Å². The van der Waals surface area contributed by atoms with Crippen molar-refractivity contribution >= 4 is 11.9 Å². The maximum Gasteiger partial charge on any atom is 0.306 e. The van der Waals surface area contributed by atoms with Crippen LogP contribution in [0.5, 0.6) is 5.75 Å². The highest BCUT2D eigenvalue weighted by Gasteiger charge is 2.24. The Morgan fingerprint density at radius 3 is 2.38 bits per heavy atom. The van der Waals surface area contributed by atoms with Gasteiger partial charge in [0.2, 0.25) is 5.91 Å². The summed E-state index contributed by atoms with van der Waals surface area (Å²) in [6.45, 7) is 8.70. The average Bonchev–Trinajstić information content (AvgIpc) is 2.64. The zero-order valence-corrected chi connectivity index (χ0v) is 16.4. The number of rotatable bonds is 6. The summed E-state index contributed by atoms with van der Waals surface area (Å²) in [7, 11) is 1.34. The first-order valence-electron chi connectivity index (χ1n) is 9.38. The van der Waals surface area contributed by atoms with Crippen LogP contribution < -0.4 is 4.74 Å². The number of para-hydroxylation sites is 1. The Morgan fingerprint density at radius 2 is 1.77 bits per heavy atom. The fraction of sp³-hybridized carbons (Fsp3) is 0.619. The third-order valence-corrected chi connectivity index (χ3v) is 4.91. The number of amides is 1.